The van der Waals surface area contributed by atoms with Crippen molar-refractivity contribution in [3.05, 3.63) is 62.7 Å². The first kappa shape index (κ1) is 15.1. The molecule has 22 heavy (non-hydrogen) atoms. The van der Waals surface area contributed by atoms with Gasteiger partial charge >= 0.3 is 0 Å². The molecule has 0 saturated heterocycles. The SMILES string of the molecule is O=C(N/N=C/c1cccnc1)c1sc2cc(Br)ccc2c1Cl. The molecule has 1 aromatic carbocycles. The summed E-state index contributed by atoms with van der Waals surface area (Å²) in [5, 5.41) is 5.22. The van der Waals surface area contributed by atoms with Crippen molar-refractivity contribution >= 4 is 61.1 Å². The van der Waals surface area contributed by atoms with Crippen molar-refractivity contribution in [1.29, 1.82) is 0 Å². The van der Waals surface area contributed by atoms with Crippen LogP contribution in [0.2, 0.25) is 5.02 Å². The second-order valence-electron chi connectivity index (χ2n) is 4.37. The lowest BCUT2D eigenvalue weighted by molar-refractivity contribution is 0.0959. The monoisotopic (exact) mass is 393 g/mol. The summed E-state index contributed by atoms with van der Waals surface area (Å²) in [5.41, 5.74) is 3.28. The highest BCUT2D eigenvalue weighted by atomic mass is 79.9. The molecule has 2 aromatic heterocycles. The van der Waals surface area contributed by atoms with Gasteiger partial charge in [0.05, 0.1) is 11.2 Å². The van der Waals surface area contributed by atoms with E-state index in [4.69, 9.17) is 11.6 Å². The van der Waals surface area contributed by atoms with Gasteiger partial charge in [0.1, 0.15) is 4.88 Å². The zero-order chi connectivity index (χ0) is 15.5. The first-order valence-electron chi connectivity index (χ1n) is 6.26. The van der Waals surface area contributed by atoms with Crippen LogP contribution in [0.25, 0.3) is 10.1 Å². The molecular weight excluding hydrogens is 386 g/mol. The predicted molar refractivity (Wildman–Crippen MR) is 93.8 cm³/mol. The van der Waals surface area contributed by atoms with Gasteiger partial charge in [-0.25, -0.2) is 5.43 Å². The average Bonchev–Trinajstić information content (AvgIpc) is 2.84. The Bertz CT molecular complexity index is 864. The van der Waals surface area contributed by atoms with Crippen LogP contribution >= 0.6 is 38.9 Å². The van der Waals surface area contributed by atoms with Gasteiger partial charge in [0, 0.05) is 32.5 Å². The molecule has 1 N–H and O–H groups in total. The van der Waals surface area contributed by atoms with E-state index in [9.17, 15) is 4.79 Å². The number of nitrogens with one attached hydrogen (secondary N) is 1. The highest BCUT2D eigenvalue weighted by molar-refractivity contribution is 9.10. The number of thiophene rings is 1. The Morgan fingerprint density at radius 2 is 2.27 bits per heavy atom. The third kappa shape index (κ3) is 3.19. The molecule has 0 aliphatic heterocycles. The molecule has 1 amide bonds. The second-order valence-corrected chi connectivity index (χ2v) is 6.72. The fourth-order valence-electron chi connectivity index (χ4n) is 1.85. The standard InChI is InChI=1S/C15H9BrClN3OS/c16-10-3-4-11-12(6-10)22-14(13(11)17)15(21)20-19-8-9-2-1-5-18-7-9/h1-8H,(H,20,21)/b19-8+. The van der Waals surface area contributed by atoms with Crippen molar-refractivity contribution in [3.63, 3.8) is 0 Å². The van der Waals surface area contributed by atoms with Crippen LogP contribution in [0.15, 0.2) is 52.3 Å². The maximum Gasteiger partial charge on any atom is 0.283 e. The number of pyridine rings is 1. The van der Waals surface area contributed by atoms with Crippen molar-refractivity contribution < 1.29 is 4.79 Å². The lowest BCUT2D eigenvalue weighted by Crippen LogP contribution is -2.16. The molecule has 0 aliphatic rings. The number of nitrogens with zero attached hydrogens (tertiary/aromatic N) is 2. The average molecular weight is 395 g/mol. The summed E-state index contributed by atoms with van der Waals surface area (Å²) < 4.78 is 1.89. The quantitative estimate of drug-likeness (QED) is 0.526. The van der Waals surface area contributed by atoms with Gasteiger partial charge in [0.15, 0.2) is 0 Å². The summed E-state index contributed by atoms with van der Waals surface area (Å²) in [6.07, 6.45) is 4.85. The van der Waals surface area contributed by atoms with Gasteiger partial charge in [0.2, 0.25) is 0 Å². The number of amides is 1. The fraction of sp³-hybridized carbons (Fsp3) is 0. The summed E-state index contributed by atoms with van der Waals surface area (Å²) in [6, 6.07) is 9.34. The molecule has 2 heterocycles. The summed E-state index contributed by atoms with van der Waals surface area (Å²) in [7, 11) is 0. The van der Waals surface area contributed by atoms with E-state index in [2.05, 4.69) is 31.4 Å². The van der Waals surface area contributed by atoms with Crippen molar-refractivity contribution in [1.82, 2.24) is 10.4 Å². The molecule has 3 rings (SSSR count). The van der Waals surface area contributed by atoms with E-state index in [0.29, 0.717) is 9.90 Å². The van der Waals surface area contributed by atoms with Crippen molar-refractivity contribution in [2.75, 3.05) is 0 Å². The number of halogens is 2. The minimum atomic E-state index is -0.331. The van der Waals surface area contributed by atoms with Gasteiger partial charge in [-0.1, -0.05) is 39.7 Å². The van der Waals surface area contributed by atoms with E-state index in [-0.39, 0.29) is 5.91 Å². The van der Waals surface area contributed by atoms with E-state index in [1.165, 1.54) is 17.6 Å². The highest BCUT2D eigenvalue weighted by Gasteiger charge is 2.16. The van der Waals surface area contributed by atoms with Crippen molar-refractivity contribution in [2.24, 2.45) is 5.10 Å². The molecule has 0 fully saturated rings. The van der Waals surface area contributed by atoms with Gasteiger partial charge in [0.25, 0.3) is 5.91 Å². The third-order valence-electron chi connectivity index (χ3n) is 2.86. The topological polar surface area (TPSA) is 54.4 Å². The first-order chi connectivity index (χ1) is 10.6. The maximum absolute atomic E-state index is 12.2. The molecule has 0 atom stereocenters. The van der Waals surface area contributed by atoms with Crippen LogP contribution in [0, 0.1) is 0 Å². The van der Waals surface area contributed by atoms with Crippen LogP contribution in [0.4, 0.5) is 0 Å². The van der Waals surface area contributed by atoms with Gasteiger partial charge < -0.3 is 0 Å². The van der Waals surface area contributed by atoms with E-state index in [0.717, 1.165) is 20.1 Å². The van der Waals surface area contributed by atoms with Crippen molar-refractivity contribution in [2.45, 2.75) is 0 Å². The van der Waals surface area contributed by atoms with E-state index in [1.54, 1.807) is 18.5 Å². The number of benzene rings is 1. The lowest BCUT2D eigenvalue weighted by atomic mass is 10.2. The molecule has 4 nitrogen and oxygen atoms in total. The molecule has 7 heteroatoms. The van der Waals surface area contributed by atoms with Crippen LogP contribution < -0.4 is 5.43 Å². The number of fused-ring (bicyclic) bond motifs is 1. The number of aromatic nitrogens is 1. The van der Waals surface area contributed by atoms with Crippen molar-refractivity contribution in [3.8, 4) is 0 Å². The number of rotatable bonds is 3. The second kappa shape index (κ2) is 6.56. The Morgan fingerprint density at radius 3 is 3.05 bits per heavy atom. The van der Waals surface area contributed by atoms with E-state index < -0.39 is 0 Å². The Balaban J connectivity index is 1.80. The minimum absolute atomic E-state index is 0.331. The van der Waals surface area contributed by atoms with Gasteiger partial charge in [-0.15, -0.1) is 11.3 Å². The molecule has 0 spiro atoms. The number of hydrazone groups is 1. The molecule has 0 radical (unpaired) electrons. The Hall–Kier alpha value is -1.76. The first-order valence-corrected chi connectivity index (χ1v) is 8.25. The highest BCUT2D eigenvalue weighted by Crippen LogP contribution is 2.36. The Labute approximate surface area is 144 Å². The maximum atomic E-state index is 12.2. The summed E-state index contributed by atoms with van der Waals surface area (Å²) >= 11 is 11.0. The van der Waals surface area contributed by atoms with Crippen LogP contribution in [0.5, 0.6) is 0 Å². The van der Waals surface area contributed by atoms with Gasteiger partial charge in [-0.2, -0.15) is 5.10 Å². The number of carbonyl (C=O) groups is 1. The zero-order valence-corrected chi connectivity index (χ0v) is 14.2. The summed E-state index contributed by atoms with van der Waals surface area (Å²) in [6.45, 7) is 0. The minimum Gasteiger partial charge on any atom is -0.266 e. The summed E-state index contributed by atoms with van der Waals surface area (Å²) in [5.74, 6) is -0.331. The van der Waals surface area contributed by atoms with Crippen LogP contribution in [-0.4, -0.2) is 17.1 Å². The molecule has 0 saturated carbocycles. The zero-order valence-electron chi connectivity index (χ0n) is 11.1. The third-order valence-corrected chi connectivity index (χ3v) is 5.01. The van der Waals surface area contributed by atoms with Crippen LogP contribution in [0.3, 0.4) is 0 Å². The molecule has 0 bridgehead atoms. The molecule has 0 unspecified atom stereocenters. The number of hydrogen-bond acceptors (Lipinski definition) is 4. The van der Waals surface area contributed by atoms with Crippen LogP contribution in [-0.2, 0) is 0 Å². The summed E-state index contributed by atoms with van der Waals surface area (Å²) in [4.78, 5) is 16.6. The molecule has 110 valence electrons. The molecular formula is C15H9BrClN3OS. The number of carbonyl (C=O) groups excluding carboxylic acids is 1. The lowest BCUT2D eigenvalue weighted by Gasteiger charge is -1.97. The Kier molecular flexibility index (Phi) is 4.52. The van der Waals surface area contributed by atoms with E-state index >= 15 is 0 Å². The van der Waals surface area contributed by atoms with Crippen LogP contribution in [0.1, 0.15) is 15.2 Å². The van der Waals surface area contributed by atoms with Gasteiger partial charge in [-0.05, 0) is 18.2 Å². The largest absolute Gasteiger partial charge is 0.283 e. The number of hydrogen-bond donors (Lipinski definition) is 1. The fourth-order valence-corrected chi connectivity index (χ4v) is 3.81. The Morgan fingerprint density at radius 1 is 1.41 bits per heavy atom. The van der Waals surface area contributed by atoms with Gasteiger partial charge in [-0.3, -0.25) is 9.78 Å². The predicted octanol–water partition coefficient (Wildman–Crippen LogP) is 4.48. The normalized spacial score (nSPS) is 11.2. The molecule has 0 aliphatic carbocycles. The smallest absolute Gasteiger partial charge is 0.266 e. The van der Waals surface area contributed by atoms with E-state index in [1.807, 2.05) is 24.3 Å². The molecule has 3 aromatic rings.